The van der Waals surface area contributed by atoms with Crippen LogP contribution in [-0.2, 0) is 6.54 Å². The van der Waals surface area contributed by atoms with E-state index in [2.05, 4.69) is 16.4 Å². The predicted octanol–water partition coefficient (Wildman–Crippen LogP) is 2.27. The van der Waals surface area contributed by atoms with Crippen molar-refractivity contribution >= 4 is 11.6 Å². The maximum atomic E-state index is 12.5. The molecule has 0 saturated carbocycles. The monoisotopic (exact) mass is 280 g/mol. The van der Waals surface area contributed by atoms with Gasteiger partial charge in [0.25, 0.3) is 5.91 Å². The van der Waals surface area contributed by atoms with Gasteiger partial charge in [-0.1, -0.05) is 12.1 Å². The summed E-state index contributed by atoms with van der Waals surface area (Å²) in [7, 11) is 3.49. The topological polar surface area (TPSA) is 69.0 Å². The van der Waals surface area contributed by atoms with Gasteiger partial charge >= 0.3 is 0 Å². The number of hydrogen-bond acceptors (Lipinski definition) is 4. The van der Waals surface area contributed by atoms with Gasteiger partial charge in [-0.3, -0.25) is 9.78 Å². The smallest absolute Gasteiger partial charge is 0.256 e. The third-order valence-corrected chi connectivity index (χ3v) is 3.14. The Morgan fingerprint density at radius 2 is 2.24 bits per heavy atom. The van der Waals surface area contributed by atoms with Gasteiger partial charge in [-0.15, -0.1) is 0 Å². The lowest BCUT2D eigenvalue weighted by Crippen LogP contribution is -2.27. The largest absolute Gasteiger partial charge is 0.386 e. The van der Waals surface area contributed by atoms with Crippen molar-refractivity contribution in [2.75, 3.05) is 19.4 Å². The van der Waals surface area contributed by atoms with E-state index >= 15 is 0 Å². The first-order valence-corrected chi connectivity index (χ1v) is 6.52. The molecule has 5 nitrogen and oxygen atoms in total. The minimum Gasteiger partial charge on any atom is -0.386 e. The van der Waals surface area contributed by atoms with Crippen LogP contribution in [0.3, 0.4) is 0 Å². The van der Waals surface area contributed by atoms with Gasteiger partial charge in [0.15, 0.2) is 0 Å². The molecule has 2 aromatic rings. The van der Waals surface area contributed by atoms with Gasteiger partial charge in [0.1, 0.15) is 0 Å². The van der Waals surface area contributed by atoms with Crippen LogP contribution in [0.2, 0.25) is 0 Å². The van der Waals surface area contributed by atoms with Crippen molar-refractivity contribution in [2.45, 2.75) is 6.54 Å². The van der Waals surface area contributed by atoms with Gasteiger partial charge in [0.2, 0.25) is 0 Å². The number of carbonyl (C=O) groups is 1. The lowest BCUT2D eigenvalue weighted by molar-refractivity contribution is 0.0786. The molecule has 0 fully saturated rings. The molecule has 0 radical (unpaired) electrons. The summed E-state index contributed by atoms with van der Waals surface area (Å²) in [6.07, 6.45) is 3.22. The van der Waals surface area contributed by atoms with E-state index in [1.54, 1.807) is 49.6 Å². The Kier molecular flexibility index (Phi) is 4.52. The van der Waals surface area contributed by atoms with Crippen molar-refractivity contribution in [1.82, 2.24) is 9.88 Å². The van der Waals surface area contributed by atoms with E-state index in [1.807, 2.05) is 12.1 Å². The SMILES string of the molecule is CNc1cnccc1C(=O)N(C)Cc1cccc(C#N)c1. The van der Waals surface area contributed by atoms with E-state index in [-0.39, 0.29) is 5.91 Å². The molecule has 106 valence electrons. The number of carbonyl (C=O) groups excluding carboxylic acids is 1. The number of nitrogens with one attached hydrogen (secondary N) is 1. The summed E-state index contributed by atoms with van der Waals surface area (Å²) in [6, 6.07) is 11.0. The summed E-state index contributed by atoms with van der Waals surface area (Å²) in [4.78, 5) is 18.1. The fraction of sp³-hybridized carbons (Fsp3) is 0.188. The number of nitrogens with zero attached hydrogens (tertiary/aromatic N) is 3. The summed E-state index contributed by atoms with van der Waals surface area (Å²) in [5.41, 5.74) is 2.78. The molecule has 21 heavy (non-hydrogen) atoms. The first kappa shape index (κ1) is 14.5. The maximum absolute atomic E-state index is 12.5. The maximum Gasteiger partial charge on any atom is 0.256 e. The molecule has 5 heteroatoms. The number of amides is 1. The normalized spacial score (nSPS) is 9.76. The summed E-state index contributed by atoms with van der Waals surface area (Å²) in [6.45, 7) is 0.444. The molecular weight excluding hydrogens is 264 g/mol. The Hall–Kier alpha value is -2.87. The Labute approximate surface area is 123 Å². The van der Waals surface area contributed by atoms with Crippen LogP contribution in [0.5, 0.6) is 0 Å². The third kappa shape index (κ3) is 3.37. The fourth-order valence-electron chi connectivity index (χ4n) is 2.07. The average Bonchev–Trinajstić information content (AvgIpc) is 2.54. The molecular formula is C16H16N4O. The van der Waals surface area contributed by atoms with Gasteiger partial charge in [0, 0.05) is 26.8 Å². The standard InChI is InChI=1S/C16H16N4O/c1-18-15-10-19-7-6-14(15)16(21)20(2)11-13-5-3-4-12(8-13)9-17/h3-8,10,18H,11H2,1-2H3. The molecule has 1 aromatic carbocycles. The molecule has 1 N–H and O–H groups in total. The summed E-state index contributed by atoms with van der Waals surface area (Å²) < 4.78 is 0. The lowest BCUT2D eigenvalue weighted by Gasteiger charge is -2.19. The van der Waals surface area contributed by atoms with Gasteiger partial charge in [0.05, 0.1) is 29.1 Å². The van der Waals surface area contributed by atoms with Crippen LogP contribution in [0.1, 0.15) is 21.5 Å². The number of pyridine rings is 1. The molecule has 2 rings (SSSR count). The van der Waals surface area contributed by atoms with Crippen molar-refractivity contribution in [3.63, 3.8) is 0 Å². The van der Waals surface area contributed by atoms with E-state index in [9.17, 15) is 4.79 Å². The van der Waals surface area contributed by atoms with Crippen LogP contribution >= 0.6 is 0 Å². The Balaban J connectivity index is 2.18. The van der Waals surface area contributed by atoms with Crippen LogP contribution in [0.25, 0.3) is 0 Å². The first-order chi connectivity index (χ1) is 10.2. The molecule has 0 atom stereocenters. The number of rotatable bonds is 4. The van der Waals surface area contributed by atoms with Crippen LogP contribution in [0, 0.1) is 11.3 Å². The fourth-order valence-corrected chi connectivity index (χ4v) is 2.07. The highest BCUT2D eigenvalue weighted by Crippen LogP contribution is 2.16. The van der Waals surface area contributed by atoms with E-state index in [0.29, 0.717) is 23.4 Å². The molecule has 1 aromatic heterocycles. The highest BCUT2D eigenvalue weighted by molar-refractivity contribution is 5.99. The summed E-state index contributed by atoms with van der Waals surface area (Å²) in [5, 5.41) is 11.9. The third-order valence-electron chi connectivity index (χ3n) is 3.14. The molecule has 0 unspecified atom stereocenters. The second kappa shape index (κ2) is 6.53. The highest BCUT2D eigenvalue weighted by atomic mass is 16.2. The number of anilines is 1. The minimum absolute atomic E-state index is 0.0934. The Morgan fingerprint density at radius 3 is 2.95 bits per heavy atom. The number of nitriles is 1. The van der Waals surface area contributed by atoms with Gasteiger partial charge in [-0.2, -0.15) is 5.26 Å². The van der Waals surface area contributed by atoms with E-state index in [0.717, 1.165) is 5.56 Å². The number of benzene rings is 1. The second-order valence-corrected chi connectivity index (χ2v) is 4.64. The predicted molar refractivity (Wildman–Crippen MR) is 80.7 cm³/mol. The molecule has 0 spiro atoms. The number of aromatic nitrogens is 1. The average molecular weight is 280 g/mol. The van der Waals surface area contributed by atoms with E-state index < -0.39 is 0 Å². The van der Waals surface area contributed by atoms with Gasteiger partial charge in [-0.05, 0) is 23.8 Å². The van der Waals surface area contributed by atoms with Crippen LogP contribution < -0.4 is 5.32 Å². The zero-order chi connectivity index (χ0) is 15.2. The number of hydrogen-bond donors (Lipinski definition) is 1. The van der Waals surface area contributed by atoms with Gasteiger partial charge in [-0.25, -0.2) is 0 Å². The lowest BCUT2D eigenvalue weighted by atomic mass is 10.1. The molecule has 0 saturated heterocycles. The van der Waals surface area contributed by atoms with E-state index in [1.165, 1.54) is 0 Å². The quantitative estimate of drug-likeness (QED) is 0.932. The van der Waals surface area contributed by atoms with Crippen LogP contribution in [-0.4, -0.2) is 29.9 Å². The van der Waals surface area contributed by atoms with E-state index in [4.69, 9.17) is 5.26 Å². The highest BCUT2D eigenvalue weighted by Gasteiger charge is 2.15. The van der Waals surface area contributed by atoms with Crippen molar-refractivity contribution in [3.8, 4) is 6.07 Å². The molecule has 0 aliphatic heterocycles. The van der Waals surface area contributed by atoms with Crippen molar-refractivity contribution in [3.05, 3.63) is 59.4 Å². The zero-order valence-electron chi connectivity index (χ0n) is 12.0. The molecule has 1 amide bonds. The molecule has 0 aliphatic rings. The zero-order valence-corrected chi connectivity index (χ0v) is 12.0. The van der Waals surface area contributed by atoms with Crippen molar-refractivity contribution in [2.24, 2.45) is 0 Å². The second-order valence-electron chi connectivity index (χ2n) is 4.64. The summed E-state index contributed by atoms with van der Waals surface area (Å²) >= 11 is 0. The minimum atomic E-state index is -0.0934. The first-order valence-electron chi connectivity index (χ1n) is 6.52. The molecule has 0 bridgehead atoms. The Bertz CT molecular complexity index is 691. The molecule has 1 heterocycles. The molecule has 0 aliphatic carbocycles. The van der Waals surface area contributed by atoms with Crippen LogP contribution in [0.15, 0.2) is 42.7 Å². The van der Waals surface area contributed by atoms with Crippen LogP contribution in [0.4, 0.5) is 5.69 Å². The van der Waals surface area contributed by atoms with Crippen molar-refractivity contribution in [1.29, 1.82) is 5.26 Å². The Morgan fingerprint density at radius 1 is 1.43 bits per heavy atom. The van der Waals surface area contributed by atoms with Crippen molar-refractivity contribution < 1.29 is 4.79 Å². The van der Waals surface area contributed by atoms with Gasteiger partial charge < -0.3 is 10.2 Å². The summed E-state index contributed by atoms with van der Waals surface area (Å²) in [5.74, 6) is -0.0934.